The molecule has 0 unspecified atom stereocenters. The number of hydrogen-bond acceptors (Lipinski definition) is 2. The van der Waals surface area contributed by atoms with E-state index in [9.17, 15) is 4.39 Å². The van der Waals surface area contributed by atoms with Crippen molar-refractivity contribution in [1.29, 1.82) is 0 Å². The minimum Gasteiger partial charge on any atom is -0.303 e. The molecule has 2 rings (SSSR count). The summed E-state index contributed by atoms with van der Waals surface area (Å²) in [6.45, 7) is 12.5. The minimum atomic E-state index is -0.931. The maximum absolute atomic E-state index is 14.9. The van der Waals surface area contributed by atoms with Gasteiger partial charge >= 0.3 is 0 Å². The van der Waals surface area contributed by atoms with E-state index in [0.717, 1.165) is 45.6 Å². The molecule has 3 heteroatoms. The van der Waals surface area contributed by atoms with Crippen molar-refractivity contribution in [2.75, 3.05) is 39.3 Å². The molecule has 0 aliphatic carbocycles. The molecule has 2 aliphatic rings. The minimum absolute atomic E-state index is 0.374. The normalized spacial score (nSPS) is 29.3. The topological polar surface area (TPSA) is 6.48 Å². The monoisotopic (exact) mass is 256 g/mol. The summed E-state index contributed by atoms with van der Waals surface area (Å²) < 4.78 is 14.9. The van der Waals surface area contributed by atoms with Gasteiger partial charge in [-0.3, -0.25) is 4.90 Å². The van der Waals surface area contributed by atoms with Crippen molar-refractivity contribution < 1.29 is 4.39 Å². The molecule has 0 aromatic carbocycles. The molecular formula is C15H29FN2. The third kappa shape index (κ3) is 3.67. The van der Waals surface area contributed by atoms with Crippen molar-refractivity contribution >= 4 is 0 Å². The van der Waals surface area contributed by atoms with Crippen molar-refractivity contribution in [3.8, 4) is 0 Å². The van der Waals surface area contributed by atoms with Crippen LogP contribution in [-0.4, -0.2) is 54.7 Å². The number of halogens is 1. The Bertz CT molecular complexity index is 270. The van der Waals surface area contributed by atoms with Gasteiger partial charge < -0.3 is 4.90 Å². The second-order valence-corrected chi connectivity index (χ2v) is 7.06. The molecule has 0 radical (unpaired) electrons. The number of rotatable bonds is 3. The lowest BCUT2D eigenvalue weighted by molar-refractivity contribution is 0.00344. The molecule has 2 saturated heterocycles. The molecule has 0 bridgehead atoms. The van der Waals surface area contributed by atoms with Gasteiger partial charge in [-0.25, -0.2) is 4.39 Å². The van der Waals surface area contributed by atoms with E-state index in [-0.39, 0.29) is 0 Å². The van der Waals surface area contributed by atoms with Crippen LogP contribution >= 0.6 is 0 Å². The van der Waals surface area contributed by atoms with Gasteiger partial charge in [-0.2, -0.15) is 0 Å². The summed E-state index contributed by atoms with van der Waals surface area (Å²) in [4.78, 5) is 4.73. The second-order valence-electron chi connectivity index (χ2n) is 7.06. The predicted octanol–water partition coefficient (Wildman–Crippen LogP) is 2.93. The van der Waals surface area contributed by atoms with Crippen LogP contribution in [0.4, 0.5) is 4.39 Å². The van der Waals surface area contributed by atoms with Crippen molar-refractivity contribution in [3.05, 3.63) is 0 Å². The molecule has 0 N–H and O–H groups in total. The zero-order chi connectivity index (χ0) is 13.2. The Balaban J connectivity index is 1.85. The Hall–Kier alpha value is -0.150. The lowest BCUT2D eigenvalue weighted by Gasteiger charge is -2.43. The van der Waals surface area contributed by atoms with Crippen molar-refractivity contribution in [2.24, 2.45) is 5.41 Å². The molecule has 0 saturated carbocycles. The van der Waals surface area contributed by atoms with Crippen molar-refractivity contribution in [3.63, 3.8) is 0 Å². The summed E-state index contributed by atoms with van der Waals surface area (Å²) in [6, 6.07) is 0. The summed E-state index contributed by atoms with van der Waals surface area (Å²) in [5.41, 5.74) is -0.558. The Morgan fingerprint density at radius 1 is 1.00 bits per heavy atom. The Morgan fingerprint density at radius 2 is 1.67 bits per heavy atom. The zero-order valence-electron chi connectivity index (χ0n) is 12.3. The molecule has 0 aromatic rings. The van der Waals surface area contributed by atoms with Crippen LogP contribution in [0.2, 0.25) is 0 Å². The number of piperidine rings is 2. The highest BCUT2D eigenvalue weighted by Gasteiger charge is 2.37. The molecule has 2 aliphatic heterocycles. The van der Waals surface area contributed by atoms with E-state index in [1.54, 1.807) is 0 Å². The molecule has 0 aromatic heterocycles. The van der Waals surface area contributed by atoms with Crippen LogP contribution in [0.1, 0.15) is 46.5 Å². The van der Waals surface area contributed by atoms with E-state index in [4.69, 9.17) is 0 Å². The Morgan fingerprint density at radius 3 is 2.22 bits per heavy atom. The fourth-order valence-electron chi connectivity index (χ4n) is 3.51. The average molecular weight is 256 g/mol. The Kier molecular flexibility index (Phi) is 4.32. The maximum Gasteiger partial charge on any atom is 0.126 e. The fraction of sp³-hybridized carbons (Fsp3) is 1.00. The Labute approximate surface area is 112 Å². The van der Waals surface area contributed by atoms with E-state index in [0.29, 0.717) is 12.0 Å². The van der Waals surface area contributed by atoms with Crippen molar-refractivity contribution in [2.45, 2.75) is 52.1 Å². The van der Waals surface area contributed by atoms with Gasteiger partial charge in [0.15, 0.2) is 0 Å². The predicted molar refractivity (Wildman–Crippen MR) is 74.6 cm³/mol. The SMILES string of the molecule is CCN1CCC(F)(CN2CCCC(C)(C)C2)CC1. The molecular weight excluding hydrogens is 227 g/mol. The lowest BCUT2D eigenvalue weighted by atomic mass is 9.83. The van der Waals surface area contributed by atoms with Crippen LogP contribution < -0.4 is 0 Å². The lowest BCUT2D eigenvalue weighted by Crippen LogP contribution is -2.51. The van der Waals surface area contributed by atoms with Crippen LogP contribution in [0.5, 0.6) is 0 Å². The highest BCUT2D eigenvalue weighted by molar-refractivity contribution is 4.91. The molecule has 0 amide bonds. The van der Waals surface area contributed by atoms with Crippen molar-refractivity contribution in [1.82, 2.24) is 9.80 Å². The summed E-state index contributed by atoms with van der Waals surface area (Å²) in [5.74, 6) is 0. The molecule has 106 valence electrons. The van der Waals surface area contributed by atoms with Gasteiger partial charge in [0.1, 0.15) is 5.67 Å². The molecule has 2 heterocycles. The smallest absolute Gasteiger partial charge is 0.126 e. The van der Waals surface area contributed by atoms with E-state index >= 15 is 0 Å². The third-order valence-electron chi connectivity index (χ3n) is 4.69. The first-order chi connectivity index (χ1) is 8.42. The molecule has 18 heavy (non-hydrogen) atoms. The average Bonchev–Trinajstić information content (AvgIpc) is 2.28. The van der Waals surface area contributed by atoms with Crippen LogP contribution in [-0.2, 0) is 0 Å². The molecule has 2 nitrogen and oxygen atoms in total. The standard InChI is InChI=1S/C15H29FN2/c1-4-17-10-7-15(16,8-11-17)13-18-9-5-6-14(2,3)12-18/h4-13H2,1-3H3. The first-order valence-corrected chi connectivity index (χ1v) is 7.56. The van der Waals surface area contributed by atoms with Gasteiger partial charge in [0.25, 0.3) is 0 Å². The summed E-state index contributed by atoms with van der Waals surface area (Å²) >= 11 is 0. The van der Waals surface area contributed by atoms with Crippen LogP contribution in [0.3, 0.4) is 0 Å². The fourth-order valence-corrected chi connectivity index (χ4v) is 3.51. The van der Waals surface area contributed by atoms with Gasteiger partial charge in [-0.15, -0.1) is 0 Å². The van der Waals surface area contributed by atoms with Gasteiger partial charge in [0.2, 0.25) is 0 Å². The van der Waals surface area contributed by atoms with E-state index in [1.807, 2.05) is 0 Å². The first-order valence-electron chi connectivity index (χ1n) is 7.56. The van der Waals surface area contributed by atoms with E-state index < -0.39 is 5.67 Å². The number of alkyl halides is 1. The van der Waals surface area contributed by atoms with Crippen LogP contribution in [0.25, 0.3) is 0 Å². The van der Waals surface area contributed by atoms with E-state index in [2.05, 4.69) is 30.6 Å². The molecule has 0 spiro atoms. The zero-order valence-corrected chi connectivity index (χ0v) is 12.3. The summed E-state index contributed by atoms with van der Waals surface area (Å²) in [5, 5.41) is 0. The number of hydrogen-bond donors (Lipinski definition) is 0. The molecule has 0 atom stereocenters. The second kappa shape index (κ2) is 5.46. The maximum atomic E-state index is 14.9. The van der Waals surface area contributed by atoms with Gasteiger partial charge in [-0.05, 0) is 44.2 Å². The third-order valence-corrected chi connectivity index (χ3v) is 4.69. The van der Waals surface area contributed by atoms with Gasteiger partial charge in [-0.1, -0.05) is 20.8 Å². The van der Waals surface area contributed by atoms with Crippen LogP contribution in [0, 0.1) is 5.41 Å². The summed E-state index contributed by atoms with van der Waals surface area (Å²) in [7, 11) is 0. The van der Waals surface area contributed by atoms with Gasteiger partial charge in [0.05, 0.1) is 0 Å². The first kappa shape index (κ1) is 14.3. The number of likely N-dealkylation sites (tertiary alicyclic amines) is 2. The quantitative estimate of drug-likeness (QED) is 0.766. The molecule has 2 fully saturated rings. The van der Waals surface area contributed by atoms with Gasteiger partial charge in [0, 0.05) is 26.2 Å². The van der Waals surface area contributed by atoms with Crippen LogP contribution in [0.15, 0.2) is 0 Å². The highest BCUT2D eigenvalue weighted by Crippen LogP contribution is 2.33. The highest BCUT2D eigenvalue weighted by atomic mass is 19.1. The summed E-state index contributed by atoms with van der Waals surface area (Å²) in [6.07, 6.45) is 3.95. The van der Waals surface area contributed by atoms with E-state index in [1.165, 1.54) is 12.8 Å². The largest absolute Gasteiger partial charge is 0.303 e. The number of nitrogens with zero attached hydrogens (tertiary/aromatic N) is 2.